The van der Waals surface area contributed by atoms with Crippen LogP contribution in [0.2, 0.25) is 0 Å². The summed E-state index contributed by atoms with van der Waals surface area (Å²) < 4.78 is 7.05. The molecular weight excluding hydrogens is 1120 g/mol. The van der Waals surface area contributed by atoms with E-state index in [9.17, 15) is 5.26 Å². The van der Waals surface area contributed by atoms with E-state index >= 15 is 0 Å². The van der Waals surface area contributed by atoms with Crippen LogP contribution in [0.4, 0.5) is 0 Å². The zero-order valence-corrected chi connectivity index (χ0v) is 50.8. The van der Waals surface area contributed by atoms with Crippen molar-refractivity contribution in [1.29, 1.82) is 5.26 Å². The normalized spacial score (nSPS) is 11.6. The zero-order valence-electron chi connectivity index (χ0n) is 50.8. The Hall–Kier alpha value is -12.2. The SMILES string of the molecule is Cc1ccc(-c2ccc3c(c2)c2ccccc2n3-c2ccc(-c3nc(-c4ccccc4)nc(-c4ccccc4)n3)cc2-c2cc(-n3c4ccccc4c4cc(-c5ccc(C)cc5)ccc43)c(C#N)c(-n3c4ccccc4c4cc(-c5ccc(C)cc5)ccc43)c2)cc1. The molecular formula is C85H57N7. The Kier molecular flexibility index (Phi) is 12.8. The molecule has 7 nitrogen and oxygen atoms in total. The van der Waals surface area contributed by atoms with Crippen LogP contribution in [0.25, 0.3) is 161 Å². The van der Waals surface area contributed by atoms with Crippen molar-refractivity contribution in [2.75, 3.05) is 0 Å². The molecule has 4 aromatic heterocycles. The Bertz CT molecular complexity index is 5590. The molecule has 13 aromatic carbocycles. The highest BCUT2D eigenvalue weighted by atomic mass is 15.0. The summed E-state index contributed by atoms with van der Waals surface area (Å²) in [5.74, 6) is 1.68. The van der Waals surface area contributed by atoms with E-state index in [1.54, 1.807) is 0 Å². The van der Waals surface area contributed by atoms with Crippen molar-refractivity contribution < 1.29 is 0 Å². The van der Waals surface area contributed by atoms with Gasteiger partial charge in [0, 0.05) is 54.6 Å². The Morgan fingerprint density at radius 3 is 0.946 bits per heavy atom. The summed E-state index contributed by atoms with van der Waals surface area (Å²) >= 11 is 0. The number of benzene rings is 13. The van der Waals surface area contributed by atoms with Crippen LogP contribution in [0, 0.1) is 32.1 Å². The highest BCUT2D eigenvalue weighted by Crippen LogP contribution is 2.45. The third kappa shape index (κ3) is 9.07. The van der Waals surface area contributed by atoms with Gasteiger partial charge in [-0.05, 0) is 145 Å². The van der Waals surface area contributed by atoms with E-state index in [2.05, 4.69) is 271 Å². The van der Waals surface area contributed by atoms with Gasteiger partial charge in [-0.15, -0.1) is 0 Å². The average Bonchev–Trinajstić information content (AvgIpc) is 1.57. The van der Waals surface area contributed by atoms with Crippen molar-refractivity contribution in [3.05, 3.63) is 313 Å². The first-order valence-electron chi connectivity index (χ1n) is 31.2. The summed E-state index contributed by atoms with van der Waals surface area (Å²) in [6.45, 7) is 6.38. The van der Waals surface area contributed by atoms with E-state index in [1.165, 1.54) is 16.7 Å². The minimum atomic E-state index is 0.528. The van der Waals surface area contributed by atoms with Crippen LogP contribution >= 0.6 is 0 Å². The first kappa shape index (κ1) is 54.0. The maximum absolute atomic E-state index is 12.3. The van der Waals surface area contributed by atoms with Crippen molar-refractivity contribution in [3.8, 4) is 102 Å². The molecule has 0 aliphatic rings. The molecule has 0 aliphatic carbocycles. The van der Waals surface area contributed by atoms with Crippen molar-refractivity contribution in [3.63, 3.8) is 0 Å². The second-order valence-corrected chi connectivity index (χ2v) is 24.1. The molecule has 4 heterocycles. The van der Waals surface area contributed by atoms with Gasteiger partial charge in [0.2, 0.25) is 0 Å². The van der Waals surface area contributed by atoms with E-state index in [0.717, 1.165) is 144 Å². The number of aromatic nitrogens is 6. The van der Waals surface area contributed by atoms with Gasteiger partial charge in [-0.1, -0.05) is 223 Å². The van der Waals surface area contributed by atoms with Gasteiger partial charge in [-0.2, -0.15) is 5.26 Å². The first-order valence-corrected chi connectivity index (χ1v) is 31.2. The largest absolute Gasteiger partial charge is 0.309 e. The lowest BCUT2D eigenvalue weighted by Crippen LogP contribution is -2.06. The lowest BCUT2D eigenvalue weighted by Gasteiger charge is -2.21. The molecule has 17 rings (SSSR count). The maximum atomic E-state index is 12.3. The van der Waals surface area contributed by atoms with Gasteiger partial charge in [0.05, 0.1) is 50.2 Å². The minimum absolute atomic E-state index is 0.528. The topological polar surface area (TPSA) is 77.2 Å². The molecule has 0 amide bonds. The number of aryl methyl sites for hydroxylation is 3. The van der Waals surface area contributed by atoms with Gasteiger partial charge in [-0.3, -0.25) is 0 Å². The second-order valence-electron chi connectivity index (χ2n) is 24.1. The lowest BCUT2D eigenvalue weighted by molar-refractivity contribution is 1.07. The van der Waals surface area contributed by atoms with Crippen LogP contribution < -0.4 is 0 Å². The minimum Gasteiger partial charge on any atom is -0.309 e. The number of nitrogens with zero attached hydrogens (tertiary/aromatic N) is 7. The Balaban J connectivity index is 0.994. The van der Waals surface area contributed by atoms with E-state index in [-0.39, 0.29) is 0 Å². The van der Waals surface area contributed by atoms with Crippen LogP contribution in [-0.4, -0.2) is 28.7 Å². The zero-order chi connectivity index (χ0) is 61.6. The summed E-state index contributed by atoms with van der Waals surface area (Å²) in [6.07, 6.45) is 0. The predicted molar refractivity (Wildman–Crippen MR) is 380 cm³/mol. The molecule has 0 spiro atoms. The molecule has 0 unspecified atom stereocenters. The van der Waals surface area contributed by atoms with Crippen molar-refractivity contribution in [1.82, 2.24) is 28.7 Å². The molecule has 0 saturated carbocycles. The number of nitriles is 1. The Morgan fingerprint density at radius 2 is 0.565 bits per heavy atom. The van der Waals surface area contributed by atoms with E-state index in [0.29, 0.717) is 23.0 Å². The van der Waals surface area contributed by atoms with Gasteiger partial charge in [0.25, 0.3) is 0 Å². The number of hydrogen-bond donors (Lipinski definition) is 0. The van der Waals surface area contributed by atoms with Gasteiger partial charge in [0.1, 0.15) is 11.6 Å². The summed E-state index contributed by atoms with van der Waals surface area (Å²) in [6, 6.07) is 107. The molecule has 0 fully saturated rings. The van der Waals surface area contributed by atoms with Crippen molar-refractivity contribution >= 4 is 65.4 Å². The molecule has 92 heavy (non-hydrogen) atoms. The second kappa shape index (κ2) is 21.8. The van der Waals surface area contributed by atoms with Crippen molar-refractivity contribution in [2.45, 2.75) is 20.8 Å². The maximum Gasteiger partial charge on any atom is 0.164 e. The molecule has 0 saturated heterocycles. The smallest absolute Gasteiger partial charge is 0.164 e. The number of para-hydroxylation sites is 3. The molecule has 0 radical (unpaired) electrons. The van der Waals surface area contributed by atoms with E-state index in [1.807, 2.05) is 60.7 Å². The highest BCUT2D eigenvalue weighted by molar-refractivity contribution is 6.14. The summed E-state index contributed by atoms with van der Waals surface area (Å²) in [4.78, 5) is 15.8. The summed E-state index contributed by atoms with van der Waals surface area (Å²) in [5, 5.41) is 18.9. The fourth-order valence-electron chi connectivity index (χ4n) is 13.7. The molecule has 0 N–H and O–H groups in total. The predicted octanol–water partition coefficient (Wildman–Crippen LogP) is 21.6. The molecule has 17 aromatic rings. The number of rotatable bonds is 10. The Labute approximate surface area is 532 Å². The van der Waals surface area contributed by atoms with Crippen LogP contribution in [0.5, 0.6) is 0 Å². The van der Waals surface area contributed by atoms with Gasteiger partial charge in [0.15, 0.2) is 17.5 Å². The third-order valence-corrected chi connectivity index (χ3v) is 18.4. The number of fused-ring (bicyclic) bond motifs is 9. The molecule has 0 atom stereocenters. The summed E-state index contributed by atoms with van der Waals surface area (Å²) in [7, 11) is 0. The monoisotopic (exact) mass is 1180 g/mol. The van der Waals surface area contributed by atoms with Gasteiger partial charge >= 0.3 is 0 Å². The summed E-state index contributed by atoms with van der Waals surface area (Å²) in [5.41, 5.74) is 23.9. The molecule has 0 aliphatic heterocycles. The van der Waals surface area contributed by atoms with Gasteiger partial charge in [-0.25, -0.2) is 15.0 Å². The van der Waals surface area contributed by atoms with Crippen LogP contribution in [-0.2, 0) is 0 Å². The fraction of sp³-hybridized carbons (Fsp3) is 0.0353. The van der Waals surface area contributed by atoms with Crippen LogP contribution in [0.15, 0.2) is 291 Å². The standard InChI is InChI=1S/C85H57N7/c1-53-26-32-56(33-27-53)61-38-42-78-70(46-61)66-20-10-13-23-74(66)90(78)77-45-41-64(85-88-83(59-16-6-4-7-17-59)87-84(89-85)60-18-8-5-9-19-60)49-69(77)65-50-81(91-75-24-14-11-21-67(75)71-47-62(39-43-79(71)91)57-34-28-54(2)29-35-57)73(52-86)82(51-65)92-76-25-15-12-22-68(76)72-48-63(40-44-80(72)92)58-36-30-55(3)31-37-58/h4-51H,1-3H3. The third-order valence-electron chi connectivity index (χ3n) is 18.4. The molecule has 432 valence electrons. The molecule has 7 heteroatoms. The van der Waals surface area contributed by atoms with Gasteiger partial charge < -0.3 is 13.7 Å². The lowest BCUT2D eigenvalue weighted by atomic mass is 9.96. The van der Waals surface area contributed by atoms with Crippen molar-refractivity contribution in [2.24, 2.45) is 0 Å². The highest BCUT2D eigenvalue weighted by Gasteiger charge is 2.26. The van der Waals surface area contributed by atoms with Crippen LogP contribution in [0.1, 0.15) is 22.3 Å². The van der Waals surface area contributed by atoms with E-state index in [4.69, 9.17) is 15.0 Å². The fourth-order valence-corrected chi connectivity index (χ4v) is 13.7. The van der Waals surface area contributed by atoms with E-state index < -0.39 is 0 Å². The first-order chi connectivity index (χ1) is 45.3. The Morgan fingerprint density at radius 1 is 0.250 bits per heavy atom. The van der Waals surface area contributed by atoms with Crippen LogP contribution in [0.3, 0.4) is 0 Å². The quantitative estimate of drug-likeness (QED) is 0.137. The number of hydrogen-bond acceptors (Lipinski definition) is 4. The average molecular weight is 1180 g/mol. The molecule has 0 bridgehead atoms.